The van der Waals surface area contributed by atoms with Crippen molar-refractivity contribution in [3.05, 3.63) is 29.8 Å². The van der Waals surface area contributed by atoms with Crippen LogP contribution in [0.3, 0.4) is 0 Å². The van der Waals surface area contributed by atoms with Crippen LogP contribution in [0.15, 0.2) is 24.3 Å². The summed E-state index contributed by atoms with van der Waals surface area (Å²) in [6.07, 6.45) is 1.87. The third-order valence-corrected chi connectivity index (χ3v) is 2.55. The van der Waals surface area contributed by atoms with E-state index in [4.69, 9.17) is 4.74 Å². The molecule has 0 amide bonds. The van der Waals surface area contributed by atoms with Crippen molar-refractivity contribution in [1.29, 1.82) is 0 Å². The van der Waals surface area contributed by atoms with Gasteiger partial charge in [-0.1, -0.05) is 12.1 Å². The van der Waals surface area contributed by atoms with Crippen LogP contribution in [0.4, 0.5) is 0 Å². The van der Waals surface area contributed by atoms with E-state index < -0.39 is 0 Å². The lowest BCUT2D eigenvalue weighted by Gasteiger charge is -2.03. The van der Waals surface area contributed by atoms with Crippen LogP contribution < -0.4 is 4.74 Å². The zero-order valence-corrected chi connectivity index (χ0v) is 7.43. The number of benzene rings is 1. The molecule has 0 saturated carbocycles. The van der Waals surface area contributed by atoms with Crippen molar-refractivity contribution in [2.24, 2.45) is 0 Å². The topological polar surface area (TPSA) is 26.3 Å². The molecule has 1 unspecified atom stereocenters. The number of fused-ring (bicyclic) bond motifs is 1. The van der Waals surface area contributed by atoms with Crippen LogP contribution in [0.2, 0.25) is 0 Å². The molecule has 0 saturated heterocycles. The Bertz CT molecular complexity index is 322. The summed E-state index contributed by atoms with van der Waals surface area (Å²) in [5.41, 5.74) is 0.374. The van der Waals surface area contributed by atoms with Gasteiger partial charge >= 0.3 is 0 Å². The van der Waals surface area contributed by atoms with E-state index in [-0.39, 0.29) is 11.2 Å². The van der Waals surface area contributed by atoms with Gasteiger partial charge in [0, 0.05) is 0 Å². The summed E-state index contributed by atoms with van der Waals surface area (Å²) >= 11 is 1.43. The quantitative estimate of drug-likeness (QED) is 0.660. The van der Waals surface area contributed by atoms with Gasteiger partial charge in [-0.25, -0.2) is 0 Å². The van der Waals surface area contributed by atoms with Crippen LogP contribution in [-0.2, 0) is 0 Å². The molecular weight excluding hydrogens is 172 g/mol. The van der Waals surface area contributed by atoms with Gasteiger partial charge in [0.05, 0.1) is 5.56 Å². The fraction of sp³-hybridized carbons (Fsp3) is 0.222. The number of para-hydroxylation sites is 1. The highest BCUT2D eigenvalue weighted by molar-refractivity contribution is 7.99. The normalized spacial score (nSPS) is 20.4. The van der Waals surface area contributed by atoms with E-state index >= 15 is 0 Å². The number of carbonyl (C=O) groups excluding carboxylic acids is 1. The molecule has 1 aliphatic rings. The summed E-state index contributed by atoms with van der Waals surface area (Å²) in [4.78, 5) is 11.5. The standard InChI is InChI=1S/C9H8O2S/c1-12-9-8(10)6-4-2-3-5-7(6)11-9/h2-5,9H,1H3. The monoisotopic (exact) mass is 180 g/mol. The molecular formula is C9H8O2S. The molecule has 1 aliphatic heterocycles. The lowest BCUT2D eigenvalue weighted by molar-refractivity contribution is 0.0938. The Labute approximate surface area is 74.9 Å². The number of hydrogen-bond acceptors (Lipinski definition) is 3. The molecule has 0 aromatic heterocycles. The first-order chi connectivity index (χ1) is 5.83. The second-order valence-corrected chi connectivity index (χ2v) is 3.45. The van der Waals surface area contributed by atoms with Gasteiger partial charge in [-0.3, -0.25) is 4.79 Å². The number of thioether (sulfide) groups is 1. The minimum atomic E-state index is -0.331. The first-order valence-electron chi connectivity index (χ1n) is 3.65. The van der Waals surface area contributed by atoms with Crippen molar-refractivity contribution in [3.63, 3.8) is 0 Å². The van der Waals surface area contributed by atoms with Crippen LogP contribution >= 0.6 is 11.8 Å². The van der Waals surface area contributed by atoms with E-state index in [9.17, 15) is 4.79 Å². The lowest BCUT2D eigenvalue weighted by atomic mass is 10.1. The molecule has 0 bridgehead atoms. The molecule has 2 rings (SSSR count). The first-order valence-corrected chi connectivity index (χ1v) is 4.94. The number of ether oxygens (including phenoxy) is 1. The van der Waals surface area contributed by atoms with Gasteiger partial charge in [-0.2, -0.15) is 0 Å². The van der Waals surface area contributed by atoms with Crippen molar-refractivity contribution < 1.29 is 9.53 Å². The number of carbonyl (C=O) groups is 1. The molecule has 0 fully saturated rings. The van der Waals surface area contributed by atoms with Crippen LogP contribution in [0.1, 0.15) is 10.4 Å². The Balaban J connectivity index is 2.42. The van der Waals surface area contributed by atoms with Gasteiger partial charge in [0.2, 0.25) is 11.2 Å². The van der Waals surface area contributed by atoms with E-state index in [0.717, 1.165) is 0 Å². The van der Waals surface area contributed by atoms with Gasteiger partial charge in [-0.05, 0) is 18.4 Å². The highest BCUT2D eigenvalue weighted by Crippen LogP contribution is 2.31. The lowest BCUT2D eigenvalue weighted by Crippen LogP contribution is -2.14. The molecule has 1 aromatic carbocycles. The SMILES string of the molecule is CSC1Oc2ccccc2C1=O. The van der Waals surface area contributed by atoms with Crippen molar-refractivity contribution in [3.8, 4) is 5.75 Å². The molecule has 1 heterocycles. The van der Waals surface area contributed by atoms with E-state index in [1.807, 2.05) is 24.5 Å². The van der Waals surface area contributed by atoms with E-state index in [1.54, 1.807) is 6.07 Å². The average molecular weight is 180 g/mol. The summed E-state index contributed by atoms with van der Waals surface area (Å²) in [5, 5.41) is 0. The molecule has 12 heavy (non-hydrogen) atoms. The van der Waals surface area contributed by atoms with Gasteiger partial charge < -0.3 is 4.74 Å². The van der Waals surface area contributed by atoms with Gasteiger partial charge in [0.15, 0.2) is 0 Å². The Morgan fingerprint density at radius 3 is 2.83 bits per heavy atom. The Morgan fingerprint density at radius 1 is 1.42 bits per heavy atom. The summed E-state index contributed by atoms with van der Waals surface area (Å²) in [6, 6.07) is 7.34. The van der Waals surface area contributed by atoms with Crippen molar-refractivity contribution in [2.45, 2.75) is 5.44 Å². The molecule has 62 valence electrons. The summed E-state index contributed by atoms with van der Waals surface area (Å²) < 4.78 is 5.38. The fourth-order valence-corrected chi connectivity index (χ4v) is 1.76. The summed E-state index contributed by atoms with van der Waals surface area (Å²) in [7, 11) is 0. The number of hydrogen-bond donors (Lipinski definition) is 0. The zero-order chi connectivity index (χ0) is 8.55. The van der Waals surface area contributed by atoms with Gasteiger partial charge in [-0.15, -0.1) is 11.8 Å². The third kappa shape index (κ3) is 1.01. The molecule has 1 atom stereocenters. The molecule has 0 N–H and O–H groups in total. The second-order valence-electron chi connectivity index (χ2n) is 2.55. The minimum absolute atomic E-state index is 0.0816. The highest BCUT2D eigenvalue weighted by Gasteiger charge is 2.30. The van der Waals surface area contributed by atoms with Crippen molar-refractivity contribution >= 4 is 17.5 Å². The van der Waals surface area contributed by atoms with Crippen LogP contribution in [0, 0.1) is 0 Å². The smallest absolute Gasteiger partial charge is 0.217 e. The molecule has 0 radical (unpaired) electrons. The van der Waals surface area contributed by atoms with Crippen LogP contribution in [0.5, 0.6) is 5.75 Å². The Morgan fingerprint density at radius 2 is 2.17 bits per heavy atom. The number of rotatable bonds is 1. The number of ketones is 1. The second kappa shape index (κ2) is 2.83. The average Bonchev–Trinajstić information content (AvgIpc) is 2.44. The van der Waals surface area contributed by atoms with Gasteiger partial charge in [0.1, 0.15) is 5.75 Å². The molecule has 0 spiro atoms. The molecule has 3 heteroatoms. The predicted octanol–water partition coefficient (Wildman–Crippen LogP) is 1.95. The van der Waals surface area contributed by atoms with Crippen LogP contribution in [0.25, 0.3) is 0 Å². The van der Waals surface area contributed by atoms with Crippen molar-refractivity contribution in [2.75, 3.05) is 6.26 Å². The molecule has 1 aromatic rings. The maximum atomic E-state index is 11.5. The van der Waals surface area contributed by atoms with E-state index in [2.05, 4.69) is 0 Å². The summed E-state index contributed by atoms with van der Waals surface area (Å²) in [5.74, 6) is 0.792. The number of Topliss-reactive ketones (excluding diaryl/α,β-unsaturated/α-hetero) is 1. The van der Waals surface area contributed by atoms with E-state index in [0.29, 0.717) is 11.3 Å². The maximum absolute atomic E-state index is 11.5. The van der Waals surface area contributed by atoms with E-state index in [1.165, 1.54) is 11.8 Å². The third-order valence-electron chi connectivity index (χ3n) is 1.81. The predicted molar refractivity (Wildman–Crippen MR) is 48.7 cm³/mol. The van der Waals surface area contributed by atoms with Crippen molar-refractivity contribution in [1.82, 2.24) is 0 Å². The Kier molecular flexibility index (Phi) is 1.81. The zero-order valence-electron chi connectivity index (χ0n) is 6.61. The molecule has 0 aliphatic carbocycles. The Hall–Kier alpha value is -0.960. The highest BCUT2D eigenvalue weighted by atomic mass is 32.2. The maximum Gasteiger partial charge on any atom is 0.217 e. The molecule has 2 nitrogen and oxygen atoms in total. The minimum Gasteiger partial charge on any atom is -0.471 e. The fourth-order valence-electron chi connectivity index (χ4n) is 1.22. The van der Waals surface area contributed by atoms with Gasteiger partial charge in [0.25, 0.3) is 0 Å². The summed E-state index contributed by atoms with van der Waals surface area (Å²) in [6.45, 7) is 0. The first kappa shape index (κ1) is 7.68. The largest absolute Gasteiger partial charge is 0.471 e. The van der Waals surface area contributed by atoms with Crippen LogP contribution in [-0.4, -0.2) is 17.5 Å².